The van der Waals surface area contributed by atoms with Gasteiger partial charge in [-0.1, -0.05) is 0 Å². The summed E-state index contributed by atoms with van der Waals surface area (Å²) in [6, 6.07) is 3.40. The first kappa shape index (κ1) is 12.4. The zero-order valence-electron chi connectivity index (χ0n) is 9.97. The Morgan fingerprint density at radius 3 is 3.00 bits per heavy atom. The van der Waals surface area contributed by atoms with Gasteiger partial charge in [-0.05, 0) is 12.1 Å². The Hall–Kier alpha value is -2.08. The Morgan fingerprint density at radius 1 is 1.44 bits per heavy atom. The van der Waals surface area contributed by atoms with Crippen LogP contribution in [0.2, 0.25) is 0 Å². The Morgan fingerprint density at radius 2 is 2.28 bits per heavy atom. The predicted molar refractivity (Wildman–Crippen MR) is 66.1 cm³/mol. The van der Waals surface area contributed by atoms with Crippen molar-refractivity contribution in [2.75, 3.05) is 20.3 Å². The molecule has 0 unspecified atom stereocenters. The van der Waals surface area contributed by atoms with Gasteiger partial charge in [-0.2, -0.15) is 0 Å². The molecule has 1 aromatic heterocycles. The summed E-state index contributed by atoms with van der Waals surface area (Å²) in [5.41, 5.74) is 0.273. The highest BCUT2D eigenvalue weighted by Crippen LogP contribution is 2.32. The Kier molecular flexibility index (Phi) is 3.78. The van der Waals surface area contributed by atoms with Gasteiger partial charge >= 0.3 is 0 Å². The minimum atomic E-state index is -0.274. The molecule has 0 spiro atoms. The monoisotopic (exact) mass is 250 g/mol. The lowest BCUT2D eigenvalue weighted by Crippen LogP contribution is -2.09. The van der Waals surface area contributed by atoms with E-state index in [1.807, 2.05) is 0 Å². The second-order valence-electron chi connectivity index (χ2n) is 3.65. The Bertz CT molecular complexity index is 594. The molecule has 1 aromatic carbocycles. The molecule has 2 N–H and O–H groups in total. The maximum atomic E-state index is 11.8. The molecular formula is C12H14N2O4. The first-order valence-corrected chi connectivity index (χ1v) is 5.56. The number of benzene rings is 1. The molecule has 6 heteroatoms. The summed E-state index contributed by atoms with van der Waals surface area (Å²) in [6.07, 6.45) is 1.86. The molecule has 2 rings (SSSR count). The third-order valence-electron chi connectivity index (χ3n) is 2.49. The highest BCUT2D eigenvalue weighted by molar-refractivity contribution is 5.86. The number of aliphatic hydroxyl groups is 1. The Balaban J connectivity index is 2.48. The zero-order chi connectivity index (χ0) is 13.0. The minimum Gasteiger partial charge on any atom is -0.492 e. The van der Waals surface area contributed by atoms with E-state index in [9.17, 15) is 4.79 Å². The summed E-state index contributed by atoms with van der Waals surface area (Å²) in [4.78, 5) is 18.3. The fraction of sp³-hybridized carbons (Fsp3) is 0.333. The summed E-state index contributed by atoms with van der Waals surface area (Å²) in [5, 5.41) is 9.07. The van der Waals surface area contributed by atoms with E-state index in [4.69, 9.17) is 14.6 Å². The van der Waals surface area contributed by atoms with Crippen molar-refractivity contribution in [3.63, 3.8) is 0 Å². The molecule has 0 saturated heterocycles. The average molecular weight is 250 g/mol. The molecule has 0 bridgehead atoms. The van der Waals surface area contributed by atoms with Gasteiger partial charge < -0.3 is 19.6 Å². The second-order valence-corrected chi connectivity index (χ2v) is 3.65. The highest BCUT2D eigenvalue weighted by atomic mass is 16.5. The largest absolute Gasteiger partial charge is 0.492 e. The fourth-order valence-corrected chi connectivity index (χ4v) is 1.68. The van der Waals surface area contributed by atoms with Crippen molar-refractivity contribution in [1.29, 1.82) is 0 Å². The van der Waals surface area contributed by atoms with Gasteiger partial charge in [0, 0.05) is 13.0 Å². The summed E-state index contributed by atoms with van der Waals surface area (Å²) in [5.74, 6) is 0.830. The van der Waals surface area contributed by atoms with Crippen LogP contribution < -0.4 is 15.0 Å². The first-order valence-electron chi connectivity index (χ1n) is 5.56. The number of rotatable bonds is 5. The molecule has 0 aliphatic heterocycles. The van der Waals surface area contributed by atoms with E-state index in [0.717, 1.165) is 0 Å². The van der Waals surface area contributed by atoms with Gasteiger partial charge in [0.25, 0.3) is 5.56 Å². The summed E-state index contributed by atoms with van der Waals surface area (Å²) in [6.45, 7) is 0.411. The van der Waals surface area contributed by atoms with Crippen molar-refractivity contribution < 1.29 is 14.6 Å². The van der Waals surface area contributed by atoms with Crippen molar-refractivity contribution in [2.45, 2.75) is 6.42 Å². The van der Waals surface area contributed by atoms with Crippen LogP contribution in [-0.4, -0.2) is 35.4 Å². The van der Waals surface area contributed by atoms with Crippen LogP contribution in [0.15, 0.2) is 23.3 Å². The molecule has 6 nitrogen and oxygen atoms in total. The van der Waals surface area contributed by atoms with Crippen molar-refractivity contribution in [2.24, 2.45) is 0 Å². The van der Waals surface area contributed by atoms with Crippen LogP contribution in [0.4, 0.5) is 0 Å². The molecule has 0 aliphatic carbocycles. The van der Waals surface area contributed by atoms with Gasteiger partial charge in [0.15, 0.2) is 11.5 Å². The zero-order valence-corrected chi connectivity index (χ0v) is 9.97. The van der Waals surface area contributed by atoms with Crippen LogP contribution in [-0.2, 0) is 0 Å². The number of methoxy groups -OCH3 is 1. The number of hydrogen-bond acceptors (Lipinski definition) is 5. The SMILES string of the molecule is COc1c(OCCCO)ccc2nc[nH]c(=O)c12. The van der Waals surface area contributed by atoms with E-state index in [1.165, 1.54) is 13.4 Å². The average Bonchev–Trinajstić information content (AvgIpc) is 2.39. The second kappa shape index (κ2) is 5.50. The lowest BCUT2D eigenvalue weighted by molar-refractivity contribution is 0.228. The Labute approximate surface area is 103 Å². The van der Waals surface area contributed by atoms with Crippen LogP contribution in [0, 0.1) is 0 Å². The van der Waals surface area contributed by atoms with Gasteiger partial charge in [-0.3, -0.25) is 4.79 Å². The minimum absolute atomic E-state index is 0.0536. The van der Waals surface area contributed by atoms with E-state index < -0.39 is 0 Å². The maximum Gasteiger partial charge on any atom is 0.262 e. The third kappa shape index (κ3) is 2.28. The molecule has 2 aromatic rings. The van der Waals surface area contributed by atoms with Gasteiger partial charge in [0.1, 0.15) is 5.39 Å². The normalized spacial score (nSPS) is 10.6. The number of fused-ring (bicyclic) bond motifs is 1. The molecule has 18 heavy (non-hydrogen) atoms. The number of nitrogens with one attached hydrogen (secondary N) is 1. The first-order chi connectivity index (χ1) is 8.77. The van der Waals surface area contributed by atoms with Crippen LogP contribution >= 0.6 is 0 Å². The number of H-pyrrole nitrogens is 1. The molecule has 1 heterocycles. The number of aromatic nitrogens is 2. The van der Waals surface area contributed by atoms with Crippen molar-refractivity contribution in [3.05, 3.63) is 28.8 Å². The summed E-state index contributed by atoms with van der Waals surface area (Å²) >= 11 is 0. The van der Waals surface area contributed by atoms with E-state index >= 15 is 0 Å². The number of aromatic amines is 1. The van der Waals surface area contributed by atoms with Crippen LogP contribution in [0.1, 0.15) is 6.42 Å². The molecule has 0 radical (unpaired) electrons. The molecule has 0 aliphatic rings. The predicted octanol–water partition coefficient (Wildman–Crippen LogP) is 0.693. The van der Waals surface area contributed by atoms with Crippen molar-refractivity contribution >= 4 is 10.9 Å². The van der Waals surface area contributed by atoms with Crippen molar-refractivity contribution in [3.8, 4) is 11.5 Å². The standard InChI is InChI=1S/C12H14N2O4/c1-17-11-9(18-6-2-5-15)4-3-8-10(11)12(16)14-7-13-8/h3-4,7,15H,2,5-6H2,1H3,(H,13,14,16). The van der Waals surface area contributed by atoms with E-state index in [1.54, 1.807) is 12.1 Å². The van der Waals surface area contributed by atoms with E-state index in [2.05, 4.69) is 9.97 Å². The summed E-state index contributed by atoms with van der Waals surface area (Å²) < 4.78 is 10.7. The smallest absolute Gasteiger partial charge is 0.262 e. The number of hydrogen-bond donors (Lipinski definition) is 2. The topological polar surface area (TPSA) is 84.4 Å². The molecule has 0 saturated carbocycles. The van der Waals surface area contributed by atoms with E-state index in [-0.39, 0.29) is 12.2 Å². The highest BCUT2D eigenvalue weighted by Gasteiger charge is 2.13. The van der Waals surface area contributed by atoms with Crippen LogP contribution in [0.3, 0.4) is 0 Å². The lowest BCUT2D eigenvalue weighted by atomic mass is 10.2. The summed E-state index contributed by atoms with van der Waals surface area (Å²) in [7, 11) is 1.47. The van der Waals surface area contributed by atoms with E-state index in [0.29, 0.717) is 35.4 Å². The number of aliphatic hydroxyl groups excluding tert-OH is 1. The van der Waals surface area contributed by atoms with Crippen LogP contribution in [0.25, 0.3) is 10.9 Å². The van der Waals surface area contributed by atoms with Crippen LogP contribution in [0.5, 0.6) is 11.5 Å². The van der Waals surface area contributed by atoms with Crippen molar-refractivity contribution in [1.82, 2.24) is 9.97 Å². The molecular weight excluding hydrogens is 236 g/mol. The molecule has 0 fully saturated rings. The fourth-order valence-electron chi connectivity index (χ4n) is 1.68. The lowest BCUT2D eigenvalue weighted by Gasteiger charge is -2.11. The third-order valence-corrected chi connectivity index (χ3v) is 2.49. The molecule has 0 amide bonds. The van der Waals surface area contributed by atoms with Gasteiger partial charge in [-0.15, -0.1) is 0 Å². The molecule has 0 atom stereocenters. The van der Waals surface area contributed by atoms with Gasteiger partial charge in [-0.25, -0.2) is 4.98 Å². The number of nitrogens with zero attached hydrogens (tertiary/aromatic N) is 1. The maximum absolute atomic E-state index is 11.8. The number of ether oxygens (including phenoxy) is 2. The van der Waals surface area contributed by atoms with Gasteiger partial charge in [0.05, 0.1) is 25.6 Å². The molecule has 96 valence electrons. The van der Waals surface area contributed by atoms with Gasteiger partial charge in [0.2, 0.25) is 0 Å². The quantitative estimate of drug-likeness (QED) is 0.763.